The molecule has 0 aliphatic carbocycles. The van der Waals surface area contributed by atoms with E-state index in [1.165, 1.54) is 13.1 Å². The Kier molecular flexibility index (Phi) is 5.89. The van der Waals surface area contributed by atoms with Gasteiger partial charge in [-0.3, -0.25) is 9.59 Å². The van der Waals surface area contributed by atoms with Gasteiger partial charge in [0.1, 0.15) is 5.56 Å². The van der Waals surface area contributed by atoms with E-state index in [0.717, 1.165) is 5.56 Å². The van der Waals surface area contributed by atoms with Crippen LogP contribution in [0.4, 0.5) is 0 Å². The Bertz CT molecular complexity index is 837. The van der Waals surface area contributed by atoms with Crippen molar-refractivity contribution in [2.45, 2.75) is 20.3 Å². The highest BCUT2D eigenvalue weighted by atomic mass is 16.5. The number of pyridine rings is 1. The number of H-pyrrole nitrogens is 1. The van der Waals surface area contributed by atoms with E-state index >= 15 is 0 Å². The van der Waals surface area contributed by atoms with Crippen molar-refractivity contribution in [3.8, 4) is 0 Å². The molecule has 2 rings (SSSR count). The van der Waals surface area contributed by atoms with Gasteiger partial charge in [0.05, 0.1) is 6.61 Å². The van der Waals surface area contributed by atoms with Gasteiger partial charge in [-0.2, -0.15) is 0 Å². The van der Waals surface area contributed by atoms with E-state index in [9.17, 15) is 14.4 Å². The van der Waals surface area contributed by atoms with Crippen molar-refractivity contribution in [2.75, 3.05) is 13.2 Å². The molecule has 0 aliphatic heterocycles. The number of aromatic nitrogens is 1. The molecule has 1 amide bonds. The zero-order valence-electron chi connectivity index (χ0n) is 13.7. The third kappa shape index (κ3) is 4.32. The Labute approximate surface area is 139 Å². The number of hydrogen-bond acceptors (Lipinski definition) is 4. The summed E-state index contributed by atoms with van der Waals surface area (Å²) in [5.74, 6) is -0.691. The fourth-order valence-electron chi connectivity index (χ4n) is 2.25. The average Bonchev–Trinajstić information content (AvgIpc) is 2.55. The Hall–Kier alpha value is -2.89. The first-order valence-corrected chi connectivity index (χ1v) is 7.76. The first kappa shape index (κ1) is 17.5. The maximum atomic E-state index is 12.5. The van der Waals surface area contributed by atoms with Gasteiger partial charge >= 0.3 is 5.97 Å². The van der Waals surface area contributed by atoms with E-state index in [-0.39, 0.29) is 23.5 Å². The van der Waals surface area contributed by atoms with Crippen LogP contribution in [0.15, 0.2) is 35.3 Å². The van der Waals surface area contributed by atoms with Crippen LogP contribution in [0.25, 0.3) is 17.0 Å². The smallest absolute Gasteiger partial charge is 0.343 e. The van der Waals surface area contributed by atoms with Crippen LogP contribution in [-0.2, 0) is 9.53 Å². The van der Waals surface area contributed by atoms with Crippen LogP contribution in [0.2, 0.25) is 0 Å². The summed E-state index contributed by atoms with van der Waals surface area (Å²) in [5, 5.41) is 3.14. The van der Waals surface area contributed by atoms with Crippen LogP contribution in [0.5, 0.6) is 0 Å². The lowest BCUT2D eigenvalue weighted by Crippen LogP contribution is -2.20. The normalized spacial score (nSPS) is 10.9. The number of aromatic amines is 1. The lowest BCUT2D eigenvalue weighted by molar-refractivity contribution is -0.118. The fourth-order valence-corrected chi connectivity index (χ4v) is 2.25. The number of benzene rings is 1. The Balaban J connectivity index is 2.24. The second-order valence-electron chi connectivity index (χ2n) is 5.23. The van der Waals surface area contributed by atoms with Crippen molar-refractivity contribution in [1.29, 1.82) is 0 Å². The average molecular weight is 328 g/mol. The van der Waals surface area contributed by atoms with E-state index in [2.05, 4.69) is 10.3 Å². The van der Waals surface area contributed by atoms with Crippen molar-refractivity contribution < 1.29 is 14.3 Å². The summed E-state index contributed by atoms with van der Waals surface area (Å²) in [6.45, 7) is 3.94. The van der Waals surface area contributed by atoms with Gasteiger partial charge in [0, 0.05) is 30.6 Å². The Morgan fingerprint density at radius 1 is 1.33 bits per heavy atom. The van der Waals surface area contributed by atoms with E-state index < -0.39 is 5.97 Å². The molecular formula is C18H20N2O4. The van der Waals surface area contributed by atoms with Crippen LogP contribution in [0.1, 0.15) is 36.2 Å². The van der Waals surface area contributed by atoms with Crippen LogP contribution in [0, 0.1) is 0 Å². The molecule has 0 atom stereocenters. The Morgan fingerprint density at radius 3 is 2.83 bits per heavy atom. The van der Waals surface area contributed by atoms with Gasteiger partial charge in [0.15, 0.2) is 0 Å². The monoisotopic (exact) mass is 328 g/mol. The minimum absolute atomic E-state index is 0.00358. The first-order chi connectivity index (χ1) is 11.5. The zero-order chi connectivity index (χ0) is 17.5. The van der Waals surface area contributed by atoms with Crippen LogP contribution in [-0.4, -0.2) is 30.0 Å². The molecule has 0 radical (unpaired) electrons. The molecule has 0 spiro atoms. The molecule has 0 unspecified atom stereocenters. The number of carbonyl (C=O) groups is 2. The van der Waals surface area contributed by atoms with Gasteiger partial charge in [0.25, 0.3) is 0 Å². The highest BCUT2D eigenvalue weighted by Gasteiger charge is 2.13. The van der Waals surface area contributed by atoms with Crippen LogP contribution < -0.4 is 10.7 Å². The van der Waals surface area contributed by atoms with Gasteiger partial charge in [0.2, 0.25) is 11.3 Å². The van der Waals surface area contributed by atoms with Crippen molar-refractivity contribution in [3.63, 3.8) is 0 Å². The molecule has 0 bridgehead atoms. The highest BCUT2D eigenvalue weighted by molar-refractivity contribution is 5.93. The van der Waals surface area contributed by atoms with Crippen LogP contribution in [0.3, 0.4) is 0 Å². The van der Waals surface area contributed by atoms with Gasteiger partial charge in [-0.05, 0) is 31.0 Å². The van der Waals surface area contributed by atoms with E-state index in [4.69, 9.17) is 4.74 Å². The summed E-state index contributed by atoms with van der Waals surface area (Å²) in [6.07, 6.45) is 5.86. The molecule has 1 aromatic heterocycles. The number of rotatable bonds is 6. The van der Waals surface area contributed by atoms with Crippen molar-refractivity contribution in [1.82, 2.24) is 10.3 Å². The molecule has 1 aromatic carbocycles. The number of nitrogens with one attached hydrogen (secondary N) is 2. The molecule has 2 N–H and O–H groups in total. The Morgan fingerprint density at radius 2 is 2.12 bits per heavy atom. The summed E-state index contributed by atoms with van der Waals surface area (Å²) < 4.78 is 4.89. The van der Waals surface area contributed by atoms with E-state index in [1.807, 2.05) is 18.2 Å². The summed E-state index contributed by atoms with van der Waals surface area (Å²) in [5.41, 5.74) is 1.15. The molecular weight excluding hydrogens is 308 g/mol. The minimum atomic E-state index is -0.628. The standard InChI is InChI=1S/C18H20N2O4/c1-3-24-18(23)15-11-20-16-8-7-13(10-14(16)17(15)22)6-4-5-9-19-12(2)21/h4,6-8,10-11H,3,5,9H2,1-2H3,(H,19,21)(H,20,22). The quantitative estimate of drug-likeness (QED) is 0.629. The lowest BCUT2D eigenvalue weighted by atomic mass is 10.1. The molecule has 6 heteroatoms. The summed E-state index contributed by atoms with van der Waals surface area (Å²) in [6, 6.07) is 5.39. The number of hydrogen-bond donors (Lipinski definition) is 2. The predicted octanol–water partition coefficient (Wildman–Crippen LogP) is 2.24. The second kappa shape index (κ2) is 8.10. The lowest BCUT2D eigenvalue weighted by Gasteiger charge is -2.04. The number of amides is 1. The largest absolute Gasteiger partial charge is 0.462 e. The molecule has 0 fully saturated rings. The topological polar surface area (TPSA) is 88.3 Å². The fraction of sp³-hybridized carbons (Fsp3) is 0.278. The second-order valence-corrected chi connectivity index (χ2v) is 5.23. The predicted molar refractivity (Wildman–Crippen MR) is 92.9 cm³/mol. The first-order valence-electron chi connectivity index (χ1n) is 7.76. The summed E-state index contributed by atoms with van der Waals surface area (Å²) in [4.78, 5) is 38.0. The molecule has 126 valence electrons. The molecule has 0 saturated carbocycles. The molecule has 1 heterocycles. The maximum Gasteiger partial charge on any atom is 0.343 e. The van der Waals surface area contributed by atoms with E-state index in [0.29, 0.717) is 23.9 Å². The summed E-state index contributed by atoms with van der Waals surface area (Å²) in [7, 11) is 0. The van der Waals surface area contributed by atoms with Crippen molar-refractivity contribution in [2.24, 2.45) is 0 Å². The molecule has 24 heavy (non-hydrogen) atoms. The van der Waals surface area contributed by atoms with Gasteiger partial charge < -0.3 is 15.0 Å². The van der Waals surface area contributed by atoms with Crippen LogP contribution >= 0.6 is 0 Å². The van der Waals surface area contributed by atoms with Crippen molar-refractivity contribution >= 4 is 28.9 Å². The molecule has 6 nitrogen and oxygen atoms in total. The van der Waals surface area contributed by atoms with Crippen molar-refractivity contribution in [3.05, 3.63) is 51.8 Å². The number of carbonyl (C=O) groups excluding carboxylic acids is 2. The zero-order valence-corrected chi connectivity index (χ0v) is 13.7. The third-order valence-corrected chi connectivity index (χ3v) is 3.40. The highest BCUT2D eigenvalue weighted by Crippen LogP contribution is 2.13. The molecule has 0 aliphatic rings. The number of fused-ring (bicyclic) bond motifs is 1. The number of ether oxygens (including phenoxy) is 1. The minimum Gasteiger partial charge on any atom is -0.462 e. The maximum absolute atomic E-state index is 12.5. The van der Waals surface area contributed by atoms with Gasteiger partial charge in [-0.25, -0.2) is 4.79 Å². The SMILES string of the molecule is CCOC(=O)c1c[nH]c2ccc(C=CCCNC(C)=O)cc2c1=O. The molecule has 2 aromatic rings. The summed E-state index contributed by atoms with van der Waals surface area (Å²) >= 11 is 0. The third-order valence-electron chi connectivity index (χ3n) is 3.40. The van der Waals surface area contributed by atoms with E-state index in [1.54, 1.807) is 19.1 Å². The molecule has 0 saturated heterocycles. The van der Waals surface area contributed by atoms with Gasteiger partial charge in [-0.15, -0.1) is 0 Å². The number of esters is 1. The van der Waals surface area contributed by atoms with Gasteiger partial charge in [-0.1, -0.05) is 18.2 Å².